The predicted octanol–water partition coefficient (Wildman–Crippen LogP) is 3.12. The summed E-state index contributed by atoms with van der Waals surface area (Å²) in [5.74, 6) is -1.41. The molecule has 5 rings (SSSR count). The van der Waals surface area contributed by atoms with Crippen molar-refractivity contribution < 1.29 is 38.3 Å². The maximum absolute atomic E-state index is 13.4. The number of rotatable bonds is 12. The first-order valence-corrected chi connectivity index (χ1v) is 19.6. The molecule has 3 fully saturated rings. The number of carbonyl (C=O) groups excluding carboxylic acids is 7. The van der Waals surface area contributed by atoms with Crippen LogP contribution in [0.1, 0.15) is 76.8 Å². The number of piperidine rings is 1. The number of nitrogens with zero attached hydrogens (tertiary/aromatic N) is 3. The molecule has 0 bridgehead atoms. The highest BCUT2D eigenvalue weighted by Gasteiger charge is 2.41. The molecule has 3 saturated heterocycles. The van der Waals surface area contributed by atoms with Gasteiger partial charge in [-0.25, -0.2) is 9.59 Å². The van der Waals surface area contributed by atoms with Crippen LogP contribution in [0, 0.1) is 12.8 Å². The lowest BCUT2D eigenvalue weighted by molar-refractivity contribution is -0.153. The van der Waals surface area contributed by atoms with E-state index >= 15 is 0 Å². The van der Waals surface area contributed by atoms with E-state index in [-0.39, 0.29) is 49.3 Å². The van der Waals surface area contributed by atoms with Crippen LogP contribution in [-0.2, 0) is 33.5 Å². The van der Waals surface area contributed by atoms with E-state index in [0.29, 0.717) is 51.7 Å². The molecule has 15 nitrogen and oxygen atoms in total. The molecule has 57 heavy (non-hydrogen) atoms. The molecule has 4 atom stereocenters. The molecule has 0 aliphatic carbocycles. The average molecular weight is 790 g/mol. The Labute approximate surface area is 335 Å². The van der Waals surface area contributed by atoms with Crippen LogP contribution in [0.3, 0.4) is 0 Å². The van der Waals surface area contributed by atoms with Crippen LogP contribution >= 0.6 is 0 Å². The largest absolute Gasteiger partial charge is 0.464 e. The van der Waals surface area contributed by atoms with Crippen LogP contribution in [-0.4, -0.2) is 114 Å². The lowest BCUT2D eigenvalue weighted by atomic mass is 9.99. The van der Waals surface area contributed by atoms with Gasteiger partial charge in [0, 0.05) is 31.9 Å². The second-order valence-corrected chi connectivity index (χ2v) is 14.7. The Kier molecular flexibility index (Phi) is 19.2. The molecule has 3 heterocycles. The lowest BCUT2D eigenvalue weighted by Crippen LogP contribution is -2.57. The lowest BCUT2D eigenvalue weighted by Gasteiger charge is -2.38. The highest BCUT2D eigenvalue weighted by Crippen LogP contribution is 2.26. The molecule has 310 valence electrons. The number of primary amides is 1. The number of hydrogen-bond acceptors (Lipinski definition) is 8. The maximum atomic E-state index is 13.4. The molecule has 5 N–H and O–H groups in total. The molecule has 3 aliphatic rings. The van der Waals surface area contributed by atoms with Gasteiger partial charge in [0.25, 0.3) is 0 Å². The molecule has 0 saturated carbocycles. The molecule has 0 spiro atoms. The quantitative estimate of drug-likeness (QED) is 0.186. The van der Waals surface area contributed by atoms with E-state index in [1.165, 1.54) is 16.7 Å². The molecule has 2 aromatic rings. The number of nitrogens with two attached hydrogens (primary N) is 1. The van der Waals surface area contributed by atoms with Gasteiger partial charge in [-0.05, 0) is 76.9 Å². The fraction of sp³-hybridized carbons (Fsp3) is 0.500. The summed E-state index contributed by atoms with van der Waals surface area (Å²) >= 11 is 0. The molecule has 4 unspecified atom stereocenters. The first-order valence-electron chi connectivity index (χ1n) is 19.6. The summed E-state index contributed by atoms with van der Waals surface area (Å²) in [4.78, 5) is 88.6. The van der Waals surface area contributed by atoms with E-state index in [9.17, 15) is 33.6 Å². The number of benzene rings is 2. The van der Waals surface area contributed by atoms with Gasteiger partial charge >= 0.3 is 12.0 Å². The van der Waals surface area contributed by atoms with E-state index in [2.05, 4.69) is 35.0 Å². The van der Waals surface area contributed by atoms with Gasteiger partial charge in [-0.2, -0.15) is 0 Å². The number of nitrogens with one attached hydrogen (secondary N) is 3. The smallest absolute Gasteiger partial charge is 0.328 e. The Bertz CT molecular complexity index is 1660. The van der Waals surface area contributed by atoms with Crippen molar-refractivity contribution in [3.8, 4) is 0 Å². The van der Waals surface area contributed by atoms with Crippen LogP contribution in [0.2, 0.25) is 0 Å². The number of esters is 1. The maximum Gasteiger partial charge on any atom is 0.328 e. The van der Waals surface area contributed by atoms with Crippen LogP contribution in [0.25, 0.3) is 6.08 Å². The highest BCUT2D eigenvalue weighted by molar-refractivity contribution is 5.93. The van der Waals surface area contributed by atoms with E-state index in [1.807, 2.05) is 69.3 Å². The summed E-state index contributed by atoms with van der Waals surface area (Å²) in [5.41, 5.74) is 7.15. The molecular weight excluding hydrogens is 731 g/mol. The van der Waals surface area contributed by atoms with Crippen molar-refractivity contribution in [2.24, 2.45) is 11.7 Å². The summed E-state index contributed by atoms with van der Waals surface area (Å²) in [7, 11) is 0. The van der Waals surface area contributed by atoms with Gasteiger partial charge in [-0.3, -0.25) is 24.0 Å². The van der Waals surface area contributed by atoms with Gasteiger partial charge in [0.2, 0.25) is 30.0 Å². The Balaban J connectivity index is 0.000000309. The van der Waals surface area contributed by atoms with Gasteiger partial charge in [0.05, 0.1) is 13.0 Å². The second-order valence-electron chi connectivity index (χ2n) is 14.7. The molecule has 2 aromatic carbocycles. The summed E-state index contributed by atoms with van der Waals surface area (Å²) in [6, 6.07) is 17.6. The average Bonchev–Trinajstić information content (AvgIpc) is 3.85. The van der Waals surface area contributed by atoms with Gasteiger partial charge in [-0.1, -0.05) is 73.2 Å². The van der Waals surface area contributed by atoms with Gasteiger partial charge in [-0.15, -0.1) is 0 Å². The van der Waals surface area contributed by atoms with Gasteiger partial charge in [0.15, 0.2) is 0 Å². The first-order chi connectivity index (χ1) is 27.3. The van der Waals surface area contributed by atoms with Crippen molar-refractivity contribution in [3.05, 3.63) is 78.0 Å². The fourth-order valence-corrected chi connectivity index (χ4v) is 6.80. The molecule has 15 heteroatoms. The van der Waals surface area contributed by atoms with E-state index < -0.39 is 36.0 Å². The Morgan fingerprint density at radius 3 is 2.14 bits per heavy atom. The predicted molar refractivity (Wildman–Crippen MR) is 216 cm³/mol. The summed E-state index contributed by atoms with van der Waals surface area (Å²) in [6.45, 7) is 9.07. The molecule has 3 aliphatic heterocycles. The van der Waals surface area contributed by atoms with Crippen LogP contribution < -0.4 is 21.7 Å². The van der Waals surface area contributed by atoms with Crippen molar-refractivity contribution in [1.82, 2.24) is 30.7 Å². The minimum Gasteiger partial charge on any atom is -0.464 e. The Morgan fingerprint density at radius 1 is 0.877 bits per heavy atom. The topological polar surface area (TPSA) is 201 Å². The minimum atomic E-state index is -0.600. The third-order valence-corrected chi connectivity index (χ3v) is 9.55. The van der Waals surface area contributed by atoms with E-state index in [4.69, 9.17) is 10.5 Å². The van der Waals surface area contributed by atoms with Crippen LogP contribution in [0.4, 0.5) is 4.79 Å². The zero-order valence-electron chi connectivity index (χ0n) is 33.6. The van der Waals surface area contributed by atoms with Gasteiger partial charge in [0.1, 0.15) is 24.7 Å². The minimum absolute atomic E-state index is 0.00954. The number of amides is 7. The monoisotopic (exact) mass is 789 g/mol. The summed E-state index contributed by atoms with van der Waals surface area (Å²) < 4.78 is 5.30. The molecule has 0 aromatic heterocycles. The Hall–Kier alpha value is -5.73. The van der Waals surface area contributed by atoms with Crippen molar-refractivity contribution in [1.29, 1.82) is 0 Å². The van der Waals surface area contributed by atoms with Crippen LogP contribution in [0.5, 0.6) is 0 Å². The van der Waals surface area contributed by atoms with Crippen molar-refractivity contribution in [2.75, 3.05) is 32.8 Å². The van der Waals surface area contributed by atoms with Gasteiger partial charge < -0.3 is 41.1 Å². The van der Waals surface area contributed by atoms with E-state index in [1.54, 1.807) is 15.9 Å². The zero-order chi connectivity index (χ0) is 41.7. The zero-order valence-corrected chi connectivity index (χ0v) is 33.6. The first kappa shape index (κ1) is 45.7. The third-order valence-electron chi connectivity index (χ3n) is 9.55. The number of carbonyl (C=O) groups is 7. The van der Waals surface area contributed by atoms with Crippen LogP contribution in [0.15, 0.2) is 66.9 Å². The number of aryl methyl sites for hydroxylation is 1. The normalized spacial score (nSPS) is 20.1. The summed E-state index contributed by atoms with van der Waals surface area (Å²) in [5, 5.41) is 7.65. The van der Waals surface area contributed by atoms with Crippen molar-refractivity contribution in [3.63, 3.8) is 0 Å². The van der Waals surface area contributed by atoms with Crippen molar-refractivity contribution >= 4 is 48.1 Å². The fourth-order valence-electron chi connectivity index (χ4n) is 6.80. The number of ether oxygens (including phenoxy) is 1. The SMILES string of the molecule is CC1CC(C(=O)OCCC(=O)N2CCCC2C(=O)N2CCCCC2C(=O)NC(C)C)N(C=O)C1.Cc1ccccc1.NC(=O)CNC(=O)N/C=C/c1ccccc1. The van der Waals surface area contributed by atoms with Crippen molar-refractivity contribution in [2.45, 2.75) is 96.8 Å². The standard InChI is InChI=1S/C24H38N4O6.C11H13N3O2.C7H8/c1-16(2)25-22(31)18-7-4-5-10-28(18)23(32)19-8-6-11-27(19)21(30)9-12-34-24(33)20-13-17(3)14-26(20)15-29;12-10(15)8-14-11(16)13-7-6-9-4-2-1-3-5-9;1-7-5-3-2-4-6-7/h15-20H,4-14H2,1-3H3,(H,25,31);1-7H,8H2,(H2,12,15)(H2,13,14,16);2-6H,1H3/b;7-6+;. The third kappa shape index (κ3) is 15.7. The highest BCUT2D eigenvalue weighted by atomic mass is 16.5. The molecular formula is C42H59N7O8. The Morgan fingerprint density at radius 2 is 1.53 bits per heavy atom. The second kappa shape index (κ2) is 24.0. The van der Waals surface area contributed by atoms with E-state index in [0.717, 1.165) is 18.4 Å². The number of urea groups is 1. The number of likely N-dealkylation sites (tertiary alicyclic amines) is 3. The number of hydrogen-bond donors (Lipinski definition) is 4. The molecule has 7 amide bonds. The molecule has 0 radical (unpaired) electrons. The summed E-state index contributed by atoms with van der Waals surface area (Å²) in [6.07, 6.45) is 8.06.